The lowest BCUT2D eigenvalue weighted by molar-refractivity contribution is -0.598. The smallest absolute Gasteiger partial charge is 0.265 e. The second-order valence-corrected chi connectivity index (χ2v) is 8.10. The molecular formula is C19H22FN4O4S+. The molecule has 2 heterocycles. The van der Waals surface area contributed by atoms with Crippen LogP contribution in [0.25, 0.3) is 5.70 Å². The molecule has 1 aromatic heterocycles. The summed E-state index contributed by atoms with van der Waals surface area (Å²) < 4.78 is 52.8. The number of benzene rings is 1. The Morgan fingerprint density at radius 1 is 1.45 bits per heavy atom. The summed E-state index contributed by atoms with van der Waals surface area (Å²) in [6.45, 7) is 4.32. The zero-order valence-corrected chi connectivity index (χ0v) is 16.8. The molecule has 4 N–H and O–H groups in total. The van der Waals surface area contributed by atoms with E-state index in [4.69, 9.17) is 14.9 Å². The average molecular weight is 421 g/mol. The number of nitrogens with two attached hydrogens (primary N) is 1. The standard InChI is InChI=1S/C19H21FN4O4S/c1-3-27-17-5-4-13(20)8-18(17)29(25,26)24-14-9-15-16(6-7-21)23-12(2)11-28-19(15)22-10-14/h4-10,12,21,23-24H,3,11H2,1-2H3/p+1/b16-6-,21-7?/t12-/m0/s1. The third-order valence-electron chi connectivity index (χ3n) is 4.12. The predicted molar refractivity (Wildman–Crippen MR) is 106 cm³/mol. The summed E-state index contributed by atoms with van der Waals surface area (Å²) in [7, 11) is -4.14. The van der Waals surface area contributed by atoms with E-state index in [2.05, 4.69) is 9.71 Å². The zero-order valence-electron chi connectivity index (χ0n) is 16.0. The van der Waals surface area contributed by atoms with Crippen molar-refractivity contribution < 1.29 is 27.6 Å². The Hall–Kier alpha value is -2.98. The second-order valence-electron chi connectivity index (χ2n) is 6.45. The van der Waals surface area contributed by atoms with Gasteiger partial charge >= 0.3 is 0 Å². The Bertz CT molecular complexity index is 1060. The minimum atomic E-state index is -4.14. The van der Waals surface area contributed by atoms with Gasteiger partial charge in [-0.2, -0.15) is 0 Å². The summed E-state index contributed by atoms with van der Waals surface area (Å²) >= 11 is 0. The molecule has 1 aliphatic heterocycles. The summed E-state index contributed by atoms with van der Waals surface area (Å²) in [5.41, 5.74) is 1.44. The molecule has 0 saturated carbocycles. The van der Waals surface area contributed by atoms with E-state index in [0.717, 1.165) is 18.3 Å². The van der Waals surface area contributed by atoms with Crippen molar-refractivity contribution in [2.75, 3.05) is 17.9 Å². The minimum Gasteiger partial charge on any atom is -0.492 e. The Morgan fingerprint density at radius 3 is 2.97 bits per heavy atom. The van der Waals surface area contributed by atoms with Gasteiger partial charge < -0.3 is 20.2 Å². The third-order valence-corrected chi connectivity index (χ3v) is 5.52. The van der Waals surface area contributed by atoms with Gasteiger partial charge in [0.1, 0.15) is 34.8 Å². The van der Waals surface area contributed by atoms with Crippen LogP contribution in [0.2, 0.25) is 0 Å². The topological polar surface area (TPSA) is 118 Å². The molecule has 1 atom stereocenters. The maximum atomic E-state index is 13.7. The molecule has 8 nitrogen and oxygen atoms in total. The zero-order chi connectivity index (χ0) is 21.0. The Labute approximate surface area is 168 Å². The number of fused-ring (bicyclic) bond motifs is 1. The number of allylic oxidation sites excluding steroid dienone is 1. The van der Waals surface area contributed by atoms with Crippen LogP contribution in [-0.2, 0) is 10.0 Å². The van der Waals surface area contributed by atoms with Gasteiger partial charge in [0, 0.05) is 12.3 Å². The van der Waals surface area contributed by atoms with Crippen LogP contribution < -0.4 is 19.5 Å². The van der Waals surface area contributed by atoms with Gasteiger partial charge in [0.15, 0.2) is 0 Å². The van der Waals surface area contributed by atoms with E-state index >= 15 is 0 Å². The number of ether oxygens (including phenoxy) is 2. The van der Waals surface area contributed by atoms with E-state index in [-0.39, 0.29) is 29.0 Å². The Kier molecular flexibility index (Phi) is 6.14. The molecule has 154 valence electrons. The highest BCUT2D eigenvalue weighted by atomic mass is 32.2. The normalized spacial score (nSPS) is 17.8. The fraction of sp³-hybridized carbons (Fsp3) is 0.263. The number of pyridine rings is 1. The molecule has 0 fully saturated rings. The van der Waals surface area contributed by atoms with Crippen molar-refractivity contribution in [3.05, 3.63) is 47.9 Å². The van der Waals surface area contributed by atoms with Crippen molar-refractivity contribution in [1.29, 1.82) is 5.41 Å². The molecule has 3 rings (SSSR count). The van der Waals surface area contributed by atoms with Gasteiger partial charge in [-0.15, -0.1) is 0 Å². The number of sulfonamides is 1. The highest BCUT2D eigenvalue weighted by Gasteiger charge is 2.25. The number of nitrogens with zero attached hydrogens (tertiary/aromatic N) is 1. The molecule has 1 aromatic carbocycles. The van der Waals surface area contributed by atoms with Crippen LogP contribution in [0.4, 0.5) is 10.1 Å². The van der Waals surface area contributed by atoms with Crippen molar-refractivity contribution in [3.63, 3.8) is 0 Å². The van der Waals surface area contributed by atoms with Gasteiger partial charge in [-0.25, -0.2) is 17.8 Å². The number of nitrogens with one attached hydrogen (secondary N) is 2. The molecule has 29 heavy (non-hydrogen) atoms. The van der Waals surface area contributed by atoms with Crippen LogP contribution in [0.3, 0.4) is 0 Å². The van der Waals surface area contributed by atoms with Crippen molar-refractivity contribution in [1.82, 2.24) is 4.98 Å². The third kappa shape index (κ3) is 4.72. The van der Waals surface area contributed by atoms with Crippen molar-refractivity contribution >= 4 is 27.6 Å². The first-order chi connectivity index (χ1) is 13.8. The Morgan fingerprint density at radius 2 is 2.24 bits per heavy atom. The van der Waals surface area contributed by atoms with E-state index in [1.807, 2.05) is 12.2 Å². The summed E-state index contributed by atoms with van der Waals surface area (Å²) in [5.74, 6) is -0.288. The second kappa shape index (κ2) is 8.58. The number of anilines is 1. The van der Waals surface area contributed by atoms with Crippen LogP contribution in [0, 0.1) is 11.2 Å². The molecule has 0 saturated heterocycles. The SMILES string of the molecule is CCOc1ccc(F)cc1S(=O)(=O)Nc1cnc2c(c1)/C(=C/C=N)[NH2+][C@@H](C)CO2. The molecule has 0 unspecified atom stereocenters. The predicted octanol–water partition coefficient (Wildman–Crippen LogP) is 1.75. The quantitative estimate of drug-likeness (QED) is 0.614. The van der Waals surface area contributed by atoms with Crippen molar-refractivity contribution in [2.24, 2.45) is 0 Å². The van der Waals surface area contributed by atoms with E-state index in [1.165, 1.54) is 12.3 Å². The molecule has 0 spiro atoms. The van der Waals surface area contributed by atoms with E-state index < -0.39 is 15.8 Å². The van der Waals surface area contributed by atoms with Crippen LogP contribution in [-0.4, -0.2) is 38.9 Å². The van der Waals surface area contributed by atoms with E-state index in [0.29, 0.717) is 23.7 Å². The largest absolute Gasteiger partial charge is 0.492 e. The summed E-state index contributed by atoms with van der Waals surface area (Å²) in [6, 6.07) is 4.98. The molecule has 0 aliphatic carbocycles. The van der Waals surface area contributed by atoms with Gasteiger partial charge in [-0.1, -0.05) is 0 Å². The van der Waals surface area contributed by atoms with Gasteiger partial charge in [0.05, 0.1) is 24.1 Å². The van der Waals surface area contributed by atoms with Crippen molar-refractivity contribution in [3.8, 4) is 11.6 Å². The molecule has 0 bridgehead atoms. The van der Waals surface area contributed by atoms with Crippen LogP contribution >= 0.6 is 0 Å². The highest BCUT2D eigenvalue weighted by Crippen LogP contribution is 2.29. The lowest BCUT2D eigenvalue weighted by Gasteiger charge is -2.13. The first-order valence-electron chi connectivity index (χ1n) is 8.98. The fourth-order valence-electron chi connectivity index (χ4n) is 2.90. The number of quaternary nitrogens is 1. The molecule has 0 radical (unpaired) electrons. The lowest BCUT2D eigenvalue weighted by atomic mass is 10.1. The van der Waals surface area contributed by atoms with E-state index in [1.54, 1.807) is 19.1 Å². The maximum absolute atomic E-state index is 13.7. The molecule has 1 aliphatic rings. The minimum absolute atomic E-state index is 0.0546. The number of aromatic nitrogens is 1. The van der Waals surface area contributed by atoms with Gasteiger partial charge in [-0.3, -0.25) is 4.72 Å². The average Bonchev–Trinajstić information content (AvgIpc) is 2.82. The first-order valence-corrected chi connectivity index (χ1v) is 10.5. The number of halogens is 1. The van der Waals surface area contributed by atoms with Crippen LogP contribution in [0.1, 0.15) is 19.4 Å². The van der Waals surface area contributed by atoms with Crippen molar-refractivity contribution in [2.45, 2.75) is 24.8 Å². The summed E-state index contributed by atoms with van der Waals surface area (Å²) in [4.78, 5) is 3.91. The highest BCUT2D eigenvalue weighted by molar-refractivity contribution is 7.92. The van der Waals surface area contributed by atoms with Gasteiger partial charge in [0.25, 0.3) is 10.0 Å². The lowest BCUT2D eigenvalue weighted by Crippen LogP contribution is -2.87. The van der Waals surface area contributed by atoms with Gasteiger partial charge in [-0.05, 0) is 38.1 Å². The molecule has 2 aromatic rings. The van der Waals surface area contributed by atoms with Crippen LogP contribution in [0.5, 0.6) is 11.6 Å². The van der Waals surface area contributed by atoms with E-state index in [9.17, 15) is 12.8 Å². The molecule has 0 amide bonds. The number of hydrogen-bond donors (Lipinski definition) is 3. The van der Waals surface area contributed by atoms with Gasteiger partial charge in [0.2, 0.25) is 5.88 Å². The number of hydrogen-bond acceptors (Lipinski definition) is 6. The summed E-state index contributed by atoms with van der Waals surface area (Å²) in [6.07, 6.45) is 4.06. The van der Waals surface area contributed by atoms with Crippen LogP contribution in [0.15, 0.2) is 41.4 Å². The molecule has 10 heteroatoms. The number of rotatable bonds is 6. The molecular weight excluding hydrogens is 399 g/mol. The monoisotopic (exact) mass is 421 g/mol. The first kappa shape index (κ1) is 20.7. The summed E-state index contributed by atoms with van der Waals surface area (Å²) in [5, 5.41) is 9.29. The maximum Gasteiger partial charge on any atom is 0.265 e. The fourth-order valence-corrected chi connectivity index (χ4v) is 4.09. The Balaban J connectivity index is 1.99.